The topological polar surface area (TPSA) is 24.7 Å². The molecule has 0 aromatic heterocycles. The SMILES string of the molecule is C1=CC2C3C=CC1C1C4N=NC(C24)C31. The lowest BCUT2D eigenvalue weighted by Gasteiger charge is -2.39. The third-order valence-corrected chi connectivity index (χ3v) is 5.24. The van der Waals surface area contributed by atoms with Gasteiger partial charge in [-0.15, -0.1) is 0 Å². The summed E-state index contributed by atoms with van der Waals surface area (Å²) in [6.07, 6.45) is 9.81. The summed E-state index contributed by atoms with van der Waals surface area (Å²) in [7, 11) is 0. The Morgan fingerprint density at radius 3 is 2.07 bits per heavy atom. The molecule has 1 aliphatic heterocycles. The third kappa shape index (κ3) is 0.449. The molecule has 0 N–H and O–H groups in total. The van der Waals surface area contributed by atoms with E-state index < -0.39 is 0 Å². The lowest BCUT2D eigenvalue weighted by molar-refractivity contribution is 0.164. The molecular weight excluding hydrogens is 172 g/mol. The highest BCUT2D eigenvalue weighted by Gasteiger charge is 2.68. The van der Waals surface area contributed by atoms with Crippen LogP contribution >= 0.6 is 0 Å². The van der Waals surface area contributed by atoms with Gasteiger partial charge in [-0.2, -0.15) is 10.2 Å². The van der Waals surface area contributed by atoms with Gasteiger partial charge >= 0.3 is 0 Å². The Morgan fingerprint density at radius 2 is 1.29 bits per heavy atom. The van der Waals surface area contributed by atoms with Crippen LogP contribution in [0, 0.1) is 35.5 Å². The van der Waals surface area contributed by atoms with Crippen molar-refractivity contribution in [2.24, 2.45) is 45.7 Å². The lowest BCUT2D eigenvalue weighted by Crippen LogP contribution is -2.39. The summed E-state index contributed by atoms with van der Waals surface area (Å²) in [5.41, 5.74) is 0. The summed E-state index contributed by atoms with van der Waals surface area (Å²) in [6, 6.07) is 1.17. The molecule has 2 nitrogen and oxygen atoms in total. The standard InChI is InChI=1S/C12H12N2/c1-3-6-7-4-2-5(1)8-9(6)12-10(7)11(8)13-14-12/h1-12H. The quantitative estimate of drug-likeness (QED) is 0.515. The molecule has 7 rings (SSSR count). The van der Waals surface area contributed by atoms with Crippen LogP contribution in [0.3, 0.4) is 0 Å². The van der Waals surface area contributed by atoms with Crippen molar-refractivity contribution in [1.29, 1.82) is 0 Å². The summed E-state index contributed by atoms with van der Waals surface area (Å²) < 4.78 is 0. The molecule has 2 heteroatoms. The van der Waals surface area contributed by atoms with Gasteiger partial charge in [0.25, 0.3) is 0 Å². The van der Waals surface area contributed by atoms with E-state index in [-0.39, 0.29) is 0 Å². The highest BCUT2D eigenvalue weighted by Crippen LogP contribution is 2.66. The number of nitrogens with zero attached hydrogens (tertiary/aromatic N) is 2. The van der Waals surface area contributed by atoms with Gasteiger partial charge in [-0.1, -0.05) is 24.3 Å². The molecular formula is C12H12N2. The molecule has 2 fully saturated rings. The molecule has 8 unspecified atom stereocenters. The Hall–Kier alpha value is -0.920. The van der Waals surface area contributed by atoms with Crippen LogP contribution in [-0.4, -0.2) is 12.1 Å². The number of allylic oxidation sites excluding steroid dienone is 4. The molecule has 6 aliphatic carbocycles. The number of hydrogen-bond acceptors (Lipinski definition) is 2. The Morgan fingerprint density at radius 1 is 0.643 bits per heavy atom. The van der Waals surface area contributed by atoms with Crippen LogP contribution in [0.5, 0.6) is 0 Å². The minimum absolute atomic E-state index is 0.580. The molecule has 0 aromatic carbocycles. The average Bonchev–Trinajstić information content (AvgIpc) is 2.71. The number of hydrogen-bond donors (Lipinski definition) is 0. The van der Waals surface area contributed by atoms with Gasteiger partial charge < -0.3 is 0 Å². The van der Waals surface area contributed by atoms with Gasteiger partial charge in [0.2, 0.25) is 0 Å². The molecule has 8 bridgehead atoms. The summed E-state index contributed by atoms with van der Waals surface area (Å²) in [6.45, 7) is 0. The molecule has 0 spiro atoms. The largest absolute Gasteiger partial charge is 0.190 e. The van der Waals surface area contributed by atoms with E-state index >= 15 is 0 Å². The van der Waals surface area contributed by atoms with Crippen LogP contribution in [0.1, 0.15) is 0 Å². The fourth-order valence-electron chi connectivity index (χ4n) is 4.92. The lowest BCUT2D eigenvalue weighted by atomic mass is 9.66. The molecule has 70 valence electrons. The molecule has 8 atom stereocenters. The maximum absolute atomic E-state index is 4.50. The average molecular weight is 184 g/mol. The fraction of sp³-hybridized carbons (Fsp3) is 0.667. The van der Waals surface area contributed by atoms with Gasteiger partial charge in [0.15, 0.2) is 0 Å². The first-order valence-electron chi connectivity index (χ1n) is 5.72. The van der Waals surface area contributed by atoms with Gasteiger partial charge in [-0.25, -0.2) is 0 Å². The highest BCUT2D eigenvalue weighted by molar-refractivity contribution is 5.34. The summed E-state index contributed by atoms with van der Waals surface area (Å²) in [5.74, 6) is 4.69. The maximum Gasteiger partial charge on any atom is 0.0803 e. The van der Waals surface area contributed by atoms with Crippen LogP contribution in [0.25, 0.3) is 0 Å². The predicted octanol–water partition coefficient (Wildman–Crippen LogP) is 2.05. The smallest absolute Gasteiger partial charge is 0.0803 e. The van der Waals surface area contributed by atoms with Crippen molar-refractivity contribution in [2.75, 3.05) is 0 Å². The van der Waals surface area contributed by atoms with Crippen molar-refractivity contribution >= 4 is 0 Å². The number of azo groups is 1. The molecule has 0 aromatic rings. The van der Waals surface area contributed by atoms with Gasteiger partial charge in [0.1, 0.15) is 0 Å². The second-order valence-corrected chi connectivity index (χ2v) is 5.45. The first-order chi connectivity index (χ1) is 6.95. The van der Waals surface area contributed by atoms with Crippen molar-refractivity contribution in [1.82, 2.24) is 0 Å². The van der Waals surface area contributed by atoms with E-state index in [0.29, 0.717) is 18.0 Å². The summed E-state index contributed by atoms with van der Waals surface area (Å²) in [4.78, 5) is 0. The Balaban J connectivity index is 1.87. The van der Waals surface area contributed by atoms with Gasteiger partial charge in [-0.05, 0) is 29.6 Å². The van der Waals surface area contributed by atoms with E-state index in [9.17, 15) is 0 Å². The minimum Gasteiger partial charge on any atom is -0.190 e. The van der Waals surface area contributed by atoms with Crippen LogP contribution < -0.4 is 0 Å². The van der Waals surface area contributed by atoms with Crippen LogP contribution in [0.4, 0.5) is 0 Å². The Bertz CT molecular complexity index is 409. The molecule has 0 saturated heterocycles. The first kappa shape index (κ1) is 6.54. The van der Waals surface area contributed by atoms with Crippen LogP contribution in [0.2, 0.25) is 0 Å². The second-order valence-electron chi connectivity index (χ2n) is 5.45. The Labute approximate surface area is 82.8 Å². The highest BCUT2D eigenvalue weighted by atomic mass is 15.2. The monoisotopic (exact) mass is 184 g/mol. The van der Waals surface area contributed by atoms with Gasteiger partial charge in [0.05, 0.1) is 12.1 Å². The van der Waals surface area contributed by atoms with E-state index in [1.54, 1.807) is 0 Å². The van der Waals surface area contributed by atoms with E-state index in [1.165, 1.54) is 0 Å². The zero-order valence-electron chi connectivity index (χ0n) is 7.82. The minimum atomic E-state index is 0.580. The second kappa shape index (κ2) is 1.75. The normalized spacial score (nSPS) is 68.6. The maximum atomic E-state index is 4.50. The van der Waals surface area contributed by atoms with Crippen molar-refractivity contribution in [2.45, 2.75) is 12.1 Å². The molecule has 2 saturated carbocycles. The molecule has 14 heavy (non-hydrogen) atoms. The molecule has 0 amide bonds. The van der Waals surface area contributed by atoms with Crippen LogP contribution in [0.15, 0.2) is 34.5 Å². The van der Waals surface area contributed by atoms with Crippen molar-refractivity contribution in [3.8, 4) is 0 Å². The Kier molecular flexibility index (Phi) is 0.820. The first-order valence-corrected chi connectivity index (χ1v) is 5.72. The fourth-order valence-corrected chi connectivity index (χ4v) is 4.92. The number of rotatable bonds is 0. The van der Waals surface area contributed by atoms with E-state index in [2.05, 4.69) is 34.5 Å². The van der Waals surface area contributed by atoms with Crippen molar-refractivity contribution < 1.29 is 0 Å². The molecule has 0 radical (unpaired) electrons. The van der Waals surface area contributed by atoms with Gasteiger partial charge in [-0.3, -0.25) is 0 Å². The molecule has 1 heterocycles. The van der Waals surface area contributed by atoms with Crippen molar-refractivity contribution in [3.05, 3.63) is 24.3 Å². The zero-order chi connectivity index (χ0) is 8.86. The summed E-state index contributed by atoms with van der Waals surface area (Å²) >= 11 is 0. The zero-order valence-corrected chi connectivity index (χ0v) is 7.82. The van der Waals surface area contributed by atoms with Gasteiger partial charge in [0, 0.05) is 5.92 Å². The summed E-state index contributed by atoms with van der Waals surface area (Å²) in [5, 5.41) is 8.99. The van der Waals surface area contributed by atoms with Crippen LogP contribution in [-0.2, 0) is 0 Å². The van der Waals surface area contributed by atoms with Crippen molar-refractivity contribution in [3.63, 3.8) is 0 Å². The predicted molar refractivity (Wildman–Crippen MR) is 51.7 cm³/mol. The van der Waals surface area contributed by atoms with E-state index in [0.717, 1.165) is 29.6 Å². The van der Waals surface area contributed by atoms with E-state index in [1.807, 2.05) is 0 Å². The third-order valence-electron chi connectivity index (χ3n) is 5.24. The van der Waals surface area contributed by atoms with E-state index in [4.69, 9.17) is 0 Å². The molecule has 7 aliphatic rings.